The number of rotatable bonds is 5. The molecule has 5 nitrogen and oxygen atoms in total. The van der Waals surface area contributed by atoms with Crippen molar-refractivity contribution in [3.05, 3.63) is 46.2 Å². The maximum Gasteiger partial charge on any atom is 0.272 e. The van der Waals surface area contributed by atoms with Gasteiger partial charge in [0.2, 0.25) is 0 Å². The Morgan fingerprint density at radius 1 is 1.35 bits per heavy atom. The Morgan fingerprint density at radius 3 is 2.75 bits per heavy atom. The fourth-order valence-electron chi connectivity index (χ4n) is 2.06. The molecule has 5 heteroatoms. The number of hydrogen-bond donors (Lipinski definition) is 1. The average Bonchev–Trinajstić information content (AvgIpc) is 2.49. The summed E-state index contributed by atoms with van der Waals surface area (Å²) in [6.07, 6.45) is 0.799. The SMILES string of the molecule is CCCn1nc(-c2ccccc2OC)cc(CO)c1=O. The number of aromatic nitrogens is 2. The lowest BCUT2D eigenvalue weighted by atomic mass is 10.1. The first-order valence-electron chi connectivity index (χ1n) is 6.56. The molecule has 0 unspecified atom stereocenters. The third-order valence-corrected chi connectivity index (χ3v) is 3.04. The van der Waals surface area contributed by atoms with E-state index >= 15 is 0 Å². The average molecular weight is 274 g/mol. The highest BCUT2D eigenvalue weighted by molar-refractivity contribution is 5.67. The van der Waals surface area contributed by atoms with Crippen LogP contribution in [-0.2, 0) is 13.2 Å². The van der Waals surface area contributed by atoms with Gasteiger partial charge in [-0.3, -0.25) is 4.79 Å². The summed E-state index contributed by atoms with van der Waals surface area (Å²) in [5, 5.41) is 13.7. The molecule has 0 bridgehead atoms. The lowest BCUT2D eigenvalue weighted by Crippen LogP contribution is -2.26. The van der Waals surface area contributed by atoms with Gasteiger partial charge in [-0.05, 0) is 24.6 Å². The molecule has 0 aliphatic rings. The van der Waals surface area contributed by atoms with Gasteiger partial charge >= 0.3 is 0 Å². The minimum Gasteiger partial charge on any atom is -0.496 e. The molecule has 0 spiro atoms. The summed E-state index contributed by atoms with van der Waals surface area (Å²) in [5.74, 6) is 0.686. The first-order valence-corrected chi connectivity index (χ1v) is 6.56. The minimum absolute atomic E-state index is 0.243. The molecular weight excluding hydrogens is 256 g/mol. The molecule has 2 aromatic rings. The number of benzene rings is 1. The lowest BCUT2D eigenvalue weighted by molar-refractivity contribution is 0.278. The standard InChI is InChI=1S/C15H18N2O3/c1-3-8-17-15(19)11(10-18)9-13(16-17)12-6-4-5-7-14(12)20-2/h4-7,9,18H,3,8,10H2,1-2H3. The summed E-state index contributed by atoms with van der Waals surface area (Å²) < 4.78 is 6.71. The van der Waals surface area contributed by atoms with Gasteiger partial charge in [0.05, 0.1) is 19.4 Å². The van der Waals surface area contributed by atoms with Crippen molar-refractivity contribution >= 4 is 0 Å². The van der Waals surface area contributed by atoms with E-state index in [1.807, 2.05) is 31.2 Å². The molecule has 0 saturated carbocycles. The predicted octanol–water partition coefficient (Wildman–Crippen LogP) is 1.82. The summed E-state index contributed by atoms with van der Waals surface area (Å²) in [6.45, 7) is 2.20. The van der Waals surface area contributed by atoms with Gasteiger partial charge in [-0.1, -0.05) is 19.1 Å². The second-order valence-corrected chi connectivity index (χ2v) is 4.44. The zero-order chi connectivity index (χ0) is 14.5. The molecule has 1 aromatic carbocycles. The molecule has 0 aliphatic carbocycles. The molecule has 106 valence electrons. The van der Waals surface area contributed by atoms with Crippen LogP contribution in [0.3, 0.4) is 0 Å². The maximum absolute atomic E-state index is 12.0. The molecular formula is C15H18N2O3. The zero-order valence-corrected chi connectivity index (χ0v) is 11.7. The highest BCUT2D eigenvalue weighted by Gasteiger charge is 2.12. The summed E-state index contributed by atoms with van der Waals surface area (Å²) in [4.78, 5) is 12.0. The van der Waals surface area contributed by atoms with E-state index in [1.54, 1.807) is 13.2 Å². The Balaban J connectivity index is 2.62. The van der Waals surface area contributed by atoms with Crippen LogP contribution in [0.15, 0.2) is 35.1 Å². The van der Waals surface area contributed by atoms with E-state index in [1.165, 1.54) is 4.68 Å². The number of para-hydroxylation sites is 1. The van der Waals surface area contributed by atoms with Crippen LogP contribution >= 0.6 is 0 Å². The molecule has 1 heterocycles. The van der Waals surface area contributed by atoms with E-state index in [9.17, 15) is 9.90 Å². The molecule has 2 rings (SSSR count). The van der Waals surface area contributed by atoms with Gasteiger partial charge in [-0.25, -0.2) is 4.68 Å². The first kappa shape index (κ1) is 14.3. The third-order valence-electron chi connectivity index (χ3n) is 3.04. The molecule has 0 amide bonds. The van der Waals surface area contributed by atoms with E-state index in [4.69, 9.17) is 4.74 Å². The Labute approximate surface area is 117 Å². The fourth-order valence-corrected chi connectivity index (χ4v) is 2.06. The van der Waals surface area contributed by atoms with Crippen LogP contribution in [0.5, 0.6) is 5.75 Å². The Hall–Kier alpha value is -2.14. The number of aryl methyl sites for hydroxylation is 1. The van der Waals surface area contributed by atoms with Gasteiger partial charge < -0.3 is 9.84 Å². The summed E-state index contributed by atoms with van der Waals surface area (Å²) in [6, 6.07) is 9.09. The molecule has 1 aromatic heterocycles. The molecule has 0 aliphatic heterocycles. The van der Waals surface area contributed by atoms with Crippen LogP contribution in [-0.4, -0.2) is 22.0 Å². The van der Waals surface area contributed by atoms with E-state index in [0.29, 0.717) is 23.6 Å². The van der Waals surface area contributed by atoms with Crippen molar-refractivity contribution in [2.45, 2.75) is 26.5 Å². The monoisotopic (exact) mass is 274 g/mol. The van der Waals surface area contributed by atoms with Crippen LogP contribution in [0.4, 0.5) is 0 Å². The van der Waals surface area contributed by atoms with Gasteiger partial charge in [-0.15, -0.1) is 0 Å². The van der Waals surface area contributed by atoms with Gasteiger partial charge in [-0.2, -0.15) is 5.10 Å². The van der Waals surface area contributed by atoms with Crippen molar-refractivity contribution < 1.29 is 9.84 Å². The predicted molar refractivity (Wildman–Crippen MR) is 76.7 cm³/mol. The van der Waals surface area contributed by atoms with Crippen LogP contribution in [0, 0.1) is 0 Å². The Bertz CT molecular complexity index is 650. The maximum atomic E-state index is 12.0. The van der Waals surface area contributed by atoms with Crippen LogP contribution in [0.25, 0.3) is 11.3 Å². The zero-order valence-electron chi connectivity index (χ0n) is 11.7. The van der Waals surface area contributed by atoms with Crippen molar-refractivity contribution in [1.82, 2.24) is 9.78 Å². The third kappa shape index (κ3) is 2.72. The topological polar surface area (TPSA) is 64.3 Å². The van der Waals surface area contributed by atoms with Crippen molar-refractivity contribution in [2.75, 3.05) is 7.11 Å². The quantitative estimate of drug-likeness (QED) is 0.903. The van der Waals surface area contributed by atoms with E-state index in [-0.39, 0.29) is 12.2 Å². The van der Waals surface area contributed by atoms with Gasteiger partial charge in [0.1, 0.15) is 5.75 Å². The van der Waals surface area contributed by atoms with Crippen molar-refractivity contribution in [3.63, 3.8) is 0 Å². The molecule has 0 radical (unpaired) electrons. The molecule has 0 atom stereocenters. The van der Waals surface area contributed by atoms with E-state index < -0.39 is 0 Å². The number of methoxy groups -OCH3 is 1. The summed E-state index contributed by atoms with van der Waals surface area (Å²) in [5.41, 5.74) is 1.52. The van der Waals surface area contributed by atoms with E-state index in [0.717, 1.165) is 12.0 Å². The van der Waals surface area contributed by atoms with Crippen LogP contribution in [0.2, 0.25) is 0 Å². The number of nitrogens with zero attached hydrogens (tertiary/aromatic N) is 2. The molecule has 0 saturated heterocycles. The molecule has 0 fully saturated rings. The number of hydrogen-bond acceptors (Lipinski definition) is 4. The molecule has 1 N–H and O–H groups in total. The van der Waals surface area contributed by atoms with Crippen molar-refractivity contribution in [1.29, 1.82) is 0 Å². The fraction of sp³-hybridized carbons (Fsp3) is 0.333. The Kier molecular flexibility index (Phi) is 4.53. The number of aliphatic hydroxyl groups is 1. The lowest BCUT2D eigenvalue weighted by Gasteiger charge is -2.11. The van der Waals surface area contributed by atoms with E-state index in [2.05, 4.69) is 5.10 Å². The largest absolute Gasteiger partial charge is 0.496 e. The van der Waals surface area contributed by atoms with Crippen molar-refractivity contribution in [3.8, 4) is 17.0 Å². The van der Waals surface area contributed by atoms with Gasteiger partial charge in [0.25, 0.3) is 5.56 Å². The first-order chi connectivity index (χ1) is 9.71. The highest BCUT2D eigenvalue weighted by atomic mass is 16.5. The minimum atomic E-state index is -0.298. The van der Waals surface area contributed by atoms with Crippen LogP contribution in [0.1, 0.15) is 18.9 Å². The Morgan fingerprint density at radius 2 is 2.10 bits per heavy atom. The summed E-state index contributed by atoms with van der Waals surface area (Å²) >= 11 is 0. The highest BCUT2D eigenvalue weighted by Crippen LogP contribution is 2.27. The van der Waals surface area contributed by atoms with Crippen molar-refractivity contribution in [2.24, 2.45) is 0 Å². The molecule has 20 heavy (non-hydrogen) atoms. The van der Waals surface area contributed by atoms with Crippen LogP contribution < -0.4 is 10.3 Å². The smallest absolute Gasteiger partial charge is 0.272 e. The number of ether oxygens (including phenoxy) is 1. The number of aliphatic hydroxyl groups excluding tert-OH is 1. The second-order valence-electron chi connectivity index (χ2n) is 4.44. The normalized spacial score (nSPS) is 10.6. The van der Waals surface area contributed by atoms with Gasteiger partial charge in [0, 0.05) is 17.7 Å². The summed E-state index contributed by atoms with van der Waals surface area (Å²) in [7, 11) is 1.59. The van der Waals surface area contributed by atoms with Gasteiger partial charge in [0.15, 0.2) is 0 Å². The second kappa shape index (κ2) is 6.34.